The van der Waals surface area contributed by atoms with E-state index in [4.69, 9.17) is 9.47 Å². The van der Waals surface area contributed by atoms with Crippen molar-refractivity contribution in [2.75, 3.05) is 13.7 Å². The zero-order valence-corrected chi connectivity index (χ0v) is 14.2. The number of rotatable bonds is 7. The van der Waals surface area contributed by atoms with Crippen LogP contribution in [-0.4, -0.2) is 19.7 Å². The fourth-order valence-electron chi connectivity index (χ4n) is 4.47. The van der Waals surface area contributed by atoms with Crippen molar-refractivity contribution in [2.45, 2.75) is 58.0 Å². The molecular weight excluding hydrogens is 288 g/mol. The van der Waals surface area contributed by atoms with Crippen molar-refractivity contribution in [1.29, 1.82) is 0 Å². The van der Waals surface area contributed by atoms with E-state index in [0.717, 1.165) is 32.3 Å². The van der Waals surface area contributed by atoms with Gasteiger partial charge in [-0.05, 0) is 62.3 Å². The summed E-state index contributed by atoms with van der Waals surface area (Å²) in [6, 6.07) is 10.3. The molecule has 3 aliphatic carbocycles. The number of methoxy groups -OCH3 is 1. The topological polar surface area (TPSA) is 35.5 Å². The molecule has 0 aromatic heterocycles. The van der Waals surface area contributed by atoms with Gasteiger partial charge in [0.15, 0.2) is 0 Å². The third kappa shape index (κ3) is 3.60. The van der Waals surface area contributed by atoms with Crippen LogP contribution in [0.2, 0.25) is 0 Å². The maximum Gasteiger partial charge on any atom is 0.311 e. The number of benzene rings is 1. The monoisotopic (exact) mass is 316 g/mol. The van der Waals surface area contributed by atoms with Gasteiger partial charge >= 0.3 is 5.97 Å². The molecule has 3 fully saturated rings. The standard InChI is InChI=1S/C20H28O3/c1-22-18(21)20-12-9-19(10-13-20,11-14-20)8-5-15-23-16-17-6-3-2-4-7-17/h2-4,6-7H,5,8-16H2,1H3. The second kappa shape index (κ2) is 7.04. The highest BCUT2D eigenvalue weighted by atomic mass is 16.5. The fourth-order valence-corrected chi connectivity index (χ4v) is 4.47. The minimum atomic E-state index is -0.152. The SMILES string of the molecule is COC(=O)C12CCC(CCCOCc3ccccc3)(CC1)CC2. The smallest absolute Gasteiger partial charge is 0.311 e. The Labute approximate surface area is 139 Å². The lowest BCUT2D eigenvalue weighted by molar-refractivity contribution is -0.163. The third-order valence-corrected chi connectivity index (χ3v) is 6.13. The summed E-state index contributed by atoms with van der Waals surface area (Å²) in [6.45, 7) is 1.54. The van der Waals surface area contributed by atoms with Gasteiger partial charge in [0.2, 0.25) is 0 Å². The predicted molar refractivity (Wildman–Crippen MR) is 89.9 cm³/mol. The normalized spacial score (nSPS) is 29.4. The zero-order valence-electron chi connectivity index (χ0n) is 14.2. The highest BCUT2D eigenvalue weighted by Gasteiger charge is 2.52. The van der Waals surface area contributed by atoms with Crippen LogP contribution in [0.25, 0.3) is 0 Å². The second-order valence-corrected chi connectivity index (χ2v) is 7.41. The first-order valence-electron chi connectivity index (χ1n) is 8.88. The molecule has 0 N–H and O–H groups in total. The van der Waals surface area contributed by atoms with Crippen LogP contribution in [0.15, 0.2) is 30.3 Å². The van der Waals surface area contributed by atoms with E-state index in [0.29, 0.717) is 12.0 Å². The third-order valence-electron chi connectivity index (χ3n) is 6.13. The van der Waals surface area contributed by atoms with Gasteiger partial charge in [0.05, 0.1) is 19.1 Å². The number of hydrogen-bond donors (Lipinski definition) is 0. The molecule has 3 saturated carbocycles. The van der Waals surface area contributed by atoms with Gasteiger partial charge in [-0.2, -0.15) is 0 Å². The largest absolute Gasteiger partial charge is 0.469 e. The maximum atomic E-state index is 12.0. The van der Waals surface area contributed by atoms with Gasteiger partial charge in [-0.25, -0.2) is 0 Å². The molecule has 0 heterocycles. The molecule has 0 amide bonds. The highest BCUT2D eigenvalue weighted by Crippen LogP contribution is 2.59. The first-order chi connectivity index (χ1) is 11.2. The molecule has 3 nitrogen and oxygen atoms in total. The summed E-state index contributed by atoms with van der Waals surface area (Å²) in [5.74, 6) is 0.0250. The van der Waals surface area contributed by atoms with Gasteiger partial charge in [-0.15, -0.1) is 0 Å². The van der Waals surface area contributed by atoms with Crippen molar-refractivity contribution in [3.8, 4) is 0 Å². The number of hydrogen-bond acceptors (Lipinski definition) is 3. The van der Waals surface area contributed by atoms with Crippen LogP contribution in [0, 0.1) is 10.8 Å². The molecule has 1 aromatic carbocycles. The van der Waals surface area contributed by atoms with Crippen LogP contribution in [0.3, 0.4) is 0 Å². The van der Waals surface area contributed by atoms with Gasteiger partial charge in [0, 0.05) is 6.61 Å². The van der Waals surface area contributed by atoms with Crippen molar-refractivity contribution in [3.05, 3.63) is 35.9 Å². The average Bonchev–Trinajstić information content (AvgIpc) is 2.63. The van der Waals surface area contributed by atoms with E-state index in [9.17, 15) is 4.79 Å². The van der Waals surface area contributed by atoms with E-state index >= 15 is 0 Å². The minimum absolute atomic E-state index is 0.0250. The zero-order chi connectivity index (χ0) is 16.2. The van der Waals surface area contributed by atoms with E-state index < -0.39 is 0 Å². The molecule has 0 unspecified atom stereocenters. The molecular formula is C20H28O3. The summed E-state index contributed by atoms with van der Waals surface area (Å²) in [7, 11) is 1.53. The van der Waals surface area contributed by atoms with Gasteiger partial charge in [0.25, 0.3) is 0 Å². The Hall–Kier alpha value is -1.35. The molecule has 126 valence electrons. The summed E-state index contributed by atoms with van der Waals surface area (Å²) in [6.07, 6.45) is 8.96. The lowest BCUT2D eigenvalue weighted by atomic mass is 9.52. The Kier molecular flexibility index (Phi) is 5.05. The van der Waals surface area contributed by atoms with Crippen LogP contribution in [0.4, 0.5) is 0 Å². The van der Waals surface area contributed by atoms with Crippen molar-refractivity contribution < 1.29 is 14.3 Å². The van der Waals surface area contributed by atoms with Crippen LogP contribution >= 0.6 is 0 Å². The molecule has 0 radical (unpaired) electrons. The predicted octanol–water partition coefficient (Wildman–Crippen LogP) is 4.50. The summed E-state index contributed by atoms with van der Waals surface area (Å²) < 4.78 is 10.9. The molecule has 0 atom stereocenters. The maximum absolute atomic E-state index is 12.0. The van der Waals surface area contributed by atoms with Crippen molar-refractivity contribution >= 4 is 5.97 Å². The summed E-state index contributed by atoms with van der Waals surface area (Å²) in [5.41, 5.74) is 1.55. The lowest BCUT2D eigenvalue weighted by Crippen LogP contribution is -2.46. The average molecular weight is 316 g/mol. The molecule has 23 heavy (non-hydrogen) atoms. The first-order valence-corrected chi connectivity index (χ1v) is 8.88. The van der Waals surface area contributed by atoms with Crippen molar-refractivity contribution in [2.24, 2.45) is 10.8 Å². The number of fused-ring (bicyclic) bond motifs is 3. The summed E-state index contributed by atoms with van der Waals surface area (Å²) in [5, 5.41) is 0. The van der Waals surface area contributed by atoms with Crippen molar-refractivity contribution in [1.82, 2.24) is 0 Å². The molecule has 2 bridgehead atoms. The molecule has 1 aromatic rings. The Morgan fingerprint density at radius 3 is 2.30 bits per heavy atom. The molecule has 3 aliphatic rings. The van der Waals surface area contributed by atoms with Crippen LogP contribution in [0.1, 0.15) is 56.9 Å². The van der Waals surface area contributed by atoms with E-state index in [1.54, 1.807) is 0 Å². The lowest BCUT2D eigenvalue weighted by Gasteiger charge is -2.52. The number of carbonyl (C=O) groups excluding carboxylic acids is 1. The summed E-state index contributed by atoms with van der Waals surface area (Å²) in [4.78, 5) is 12.0. The highest BCUT2D eigenvalue weighted by molar-refractivity contribution is 5.77. The van der Waals surface area contributed by atoms with E-state index in [2.05, 4.69) is 24.3 Å². The molecule has 0 spiro atoms. The number of ether oxygens (including phenoxy) is 2. The first kappa shape index (κ1) is 16.5. The van der Waals surface area contributed by atoms with E-state index in [1.807, 2.05) is 6.07 Å². The van der Waals surface area contributed by atoms with Crippen LogP contribution in [-0.2, 0) is 20.9 Å². The Morgan fingerprint density at radius 2 is 1.70 bits per heavy atom. The van der Waals surface area contributed by atoms with E-state index in [1.165, 1.54) is 38.4 Å². The van der Waals surface area contributed by atoms with E-state index in [-0.39, 0.29) is 11.4 Å². The van der Waals surface area contributed by atoms with Gasteiger partial charge in [0.1, 0.15) is 0 Å². The minimum Gasteiger partial charge on any atom is -0.469 e. The number of carbonyl (C=O) groups is 1. The molecule has 0 aliphatic heterocycles. The van der Waals surface area contributed by atoms with Crippen molar-refractivity contribution in [3.63, 3.8) is 0 Å². The Bertz CT molecular complexity index is 498. The fraction of sp³-hybridized carbons (Fsp3) is 0.650. The molecule has 3 heteroatoms. The van der Waals surface area contributed by atoms with Gasteiger partial charge in [-0.3, -0.25) is 4.79 Å². The van der Waals surface area contributed by atoms with Gasteiger partial charge < -0.3 is 9.47 Å². The van der Waals surface area contributed by atoms with Crippen LogP contribution < -0.4 is 0 Å². The number of esters is 1. The summed E-state index contributed by atoms with van der Waals surface area (Å²) >= 11 is 0. The molecule has 0 saturated heterocycles. The van der Waals surface area contributed by atoms with Crippen LogP contribution in [0.5, 0.6) is 0 Å². The Morgan fingerprint density at radius 1 is 1.04 bits per heavy atom. The quantitative estimate of drug-likeness (QED) is 0.549. The van der Waals surface area contributed by atoms with Gasteiger partial charge in [-0.1, -0.05) is 30.3 Å². The Balaban J connectivity index is 1.40. The molecule has 4 rings (SSSR count). The second-order valence-electron chi connectivity index (χ2n) is 7.41.